The number of amides is 1. The van der Waals surface area contributed by atoms with Gasteiger partial charge in [0.1, 0.15) is 0 Å². The molecule has 1 heterocycles. The molecule has 1 aliphatic rings. The lowest BCUT2D eigenvalue weighted by Crippen LogP contribution is -2.32. The van der Waals surface area contributed by atoms with Crippen molar-refractivity contribution in [3.05, 3.63) is 46.2 Å². The lowest BCUT2D eigenvalue weighted by Gasteiger charge is -2.22. The largest absolute Gasteiger partial charge is 0.493 e. The van der Waals surface area contributed by atoms with Gasteiger partial charge in [-0.25, -0.2) is 0 Å². The van der Waals surface area contributed by atoms with Crippen LogP contribution in [0.4, 0.5) is 0 Å². The quantitative estimate of drug-likeness (QED) is 0.690. The molecule has 8 heteroatoms. The molecule has 2 aromatic rings. The van der Waals surface area contributed by atoms with E-state index in [4.69, 9.17) is 8.92 Å². The van der Waals surface area contributed by atoms with Crippen molar-refractivity contribution in [1.29, 1.82) is 0 Å². The number of rotatable bonds is 7. The average Bonchev–Trinajstić information content (AvgIpc) is 3.24. The zero-order valence-electron chi connectivity index (χ0n) is 14.0. The van der Waals surface area contributed by atoms with E-state index < -0.39 is 10.1 Å². The molecular weight excluding hydrogens is 362 g/mol. The summed E-state index contributed by atoms with van der Waals surface area (Å²) in [6.07, 6.45) is 2.95. The zero-order chi connectivity index (χ0) is 18.0. The number of methoxy groups -OCH3 is 1. The fourth-order valence-electron chi connectivity index (χ4n) is 2.54. The molecule has 0 N–H and O–H groups in total. The Morgan fingerprint density at radius 2 is 2.04 bits per heavy atom. The Bertz CT molecular complexity index is 857. The molecule has 0 atom stereocenters. The number of hydrogen-bond donors (Lipinski definition) is 0. The van der Waals surface area contributed by atoms with Crippen LogP contribution < -0.4 is 8.92 Å². The molecule has 1 fully saturated rings. The van der Waals surface area contributed by atoms with Crippen molar-refractivity contribution in [1.82, 2.24) is 4.90 Å². The van der Waals surface area contributed by atoms with Gasteiger partial charge in [0.15, 0.2) is 11.5 Å². The topological polar surface area (TPSA) is 72.9 Å². The molecule has 1 saturated carbocycles. The van der Waals surface area contributed by atoms with E-state index in [0.29, 0.717) is 17.2 Å². The summed E-state index contributed by atoms with van der Waals surface area (Å²) in [6, 6.07) is 8.97. The van der Waals surface area contributed by atoms with Crippen molar-refractivity contribution in [2.24, 2.45) is 0 Å². The lowest BCUT2D eigenvalue weighted by molar-refractivity contribution is 0.0734. The summed E-state index contributed by atoms with van der Waals surface area (Å²) in [4.78, 5) is 15.2. The molecule has 1 aromatic heterocycles. The van der Waals surface area contributed by atoms with Crippen molar-refractivity contribution < 1.29 is 22.1 Å². The molecule has 0 radical (unpaired) electrons. The van der Waals surface area contributed by atoms with E-state index in [2.05, 4.69) is 0 Å². The number of carbonyl (C=O) groups is 1. The van der Waals surface area contributed by atoms with Gasteiger partial charge in [0.25, 0.3) is 5.91 Å². The van der Waals surface area contributed by atoms with Gasteiger partial charge < -0.3 is 13.8 Å². The average molecular weight is 381 g/mol. The molecule has 3 rings (SSSR count). The lowest BCUT2D eigenvalue weighted by atomic mass is 10.2. The summed E-state index contributed by atoms with van der Waals surface area (Å²) in [5, 5.41) is 1.88. The fraction of sp³-hybridized carbons (Fsp3) is 0.353. The minimum atomic E-state index is -3.67. The molecule has 1 amide bonds. The molecule has 0 bridgehead atoms. The van der Waals surface area contributed by atoms with Gasteiger partial charge in [0, 0.05) is 12.6 Å². The molecule has 0 spiro atoms. The van der Waals surface area contributed by atoms with E-state index >= 15 is 0 Å². The van der Waals surface area contributed by atoms with Crippen molar-refractivity contribution in [2.45, 2.75) is 25.4 Å². The first-order valence-electron chi connectivity index (χ1n) is 7.78. The molecule has 1 aliphatic carbocycles. The monoisotopic (exact) mass is 381 g/mol. The molecule has 1 aromatic carbocycles. The van der Waals surface area contributed by atoms with Gasteiger partial charge in [0.05, 0.1) is 18.2 Å². The third-order valence-electron chi connectivity index (χ3n) is 3.80. The van der Waals surface area contributed by atoms with E-state index in [1.54, 1.807) is 12.1 Å². The van der Waals surface area contributed by atoms with E-state index in [1.165, 1.54) is 18.4 Å². The summed E-state index contributed by atoms with van der Waals surface area (Å²) in [5.74, 6) is 0.456. The number of benzene rings is 1. The maximum Gasteiger partial charge on any atom is 0.306 e. The van der Waals surface area contributed by atoms with Gasteiger partial charge in [-0.1, -0.05) is 12.1 Å². The Morgan fingerprint density at radius 3 is 2.60 bits per heavy atom. The van der Waals surface area contributed by atoms with E-state index in [1.807, 2.05) is 28.5 Å². The molecule has 134 valence electrons. The first-order valence-corrected chi connectivity index (χ1v) is 10.5. The van der Waals surface area contributed by atoms with Crippen LogP contribution >= 0.6 is 11.3 Å². The first-order chi connectivity index (χ1) is 11.9. The van der Waals surface area contributed by atoms with Crippen LogP contribution in [0.25, 0.3) is 0 Å². The highest BCUT2D eigenvalue weighted by Crippen LogP contribution is 2.33. The zero-order valence-corrected chi connectivity index (χ0v) is 15.6. The van der Waals surface area contributed by atoms with E-state index in [0.717, 1.165) is 24.7 Å². The normalized spacial score (nSPS) is 14.2. The summed E-state index contributed by atoms with van der Waals surface area (Å²) in [7, 11) is -2.22. The van der Waals surface area contributed by atoms with Gasteiger partial charge in [-0.3, -0.25) is 4.79 Å². The molecule has 6 nitrogen and oxygen atoms in total. The maximum atomic E-state index is 12.7. The van der Waals surface area contributed by atoms with Crippen LogP contribution in [-0.2, 0) is 16.7 Å². The Morgan fingerprint density at radius 1 is 1.28 bits per heavy atom. The van der Waals surface area contributed by atoms with E-state index in [-0.39, 0.29) is 17.7 Å². The smallest absolute Gasteiger partial charge is 0.306 e. The minimum absolute atomic E-state index is 0.00102. The number of hydrogen-bond acceptors (Lipinski definition) is 6. The minimum Gasteiger partial charge on any atom is -0.493 e. The van der Waals surface area contributed by atoms with Gasteiger partial charge >= 0.3 is 10.1 Å². The summed E-state index contributed by atoms with van der Waals surface area (Å²) < 4.78 is 33.0. The predicted molar refractivity (Wildman–Crippen MR) is 95.7 cm³/mol. The third kappa shape index (κ3) is 4.52. The van der Waals surface area contributed by atoms with Crippen LogP contribution in [-0.4, -0.2) is 38.6 Å². The van der Waals surface area contributed by atoms with Gasteiger partial charge in [0.2, 0.25) is 0 Å². The van der Waals surface area contributed by atoms with Crippen molar-refractivity contribution >= 4 is 27.4 Å². The third-order valence-corrected chi connectivity index (χ3v) is 5.14. The van der Waals surface area contributed by atoms with Crippen LogP contribution in [0, 0.1) is 0 Å². The predicted octanol–water partition coefficient (Wildman–Crippen LogP) is 2.90. The van der Waals surface area contributed by atoms with Gasteiger partial charge in [-0.05, 0) is 42.0 Å². The van der Waals surface area contributed by atoms with Gasteiger partial charge in [-0.15, -0.1) is 11.3 Å². The first kappa shape index (κ1) is 17.8. The number of carbonyl (C=O) groups excluding carboxylic acids is 1. The second kappa shape index (κ2) is 7.05. The summed E-state index contributed by atoms with van der Waals surface area (Å²) >= 11 is 1.42. The second-order valence-electron chi connectivity index (χ2n) is 5.91. The van der Waals surface area contributed by atoms with Crippen molar-refractivity contribution in [2.75, 3.05) is 13.4 Å². The SMILES string of the molecule is COc1ccc(CN(C(=O)c2cccs2)C2CC2)cc1OS(C)(=O)=O. The second-order valence-corrected chi connectivity index (χ2v) is 8.44. The van der Waals surface area contributed by atoms with Gasteiger partial charge in [-0.2, -0.15) is 8.42 Å². The summed E-state index contributed by atoms with van der Waals surface area (Å²) in [6.45, 7) is 0.394. The van der Waals surface area contributed by atoms with Crippen LogP contribution in [0.2, 0.25) is 0 Å². The Kier molecular flexibility index (Phi) is 5.01. The maximum absolute atomic E-state index is 12.7. The molecule has 25 heavy (non-hydrogen) atoms. The van der Waals surface area contributed by atoms with Crippen LogP contribution in [0.3, 0.4) is 0 Å². The van der Waals surface area contributed by atoms with Crippen molar-refractivity contribution in [3.8, 4) is 11.5 Å². The van der Waals surface area contributed by atoms with Crippen LogP contribution in [0.5, 0.6) is 11.5 Å². The Balaban J connectivity index is 1.85. The Hall–Kier alpha value is -2.06. The number of nitrogens with zero attached hydrogens (tertiary/aromatic N) is 1. The number of thiophene rings is 1. The van der Waals surface area contributed by atoms with Crippen LogP contribution in [0.15, 0.2) is 35.7 Å². The molecule has 0 aliphatic heterocycles. The summed E-state index contributed by atoms with van der Waals surface area (Å²) in [5.41, 5.74) is 0.788. The molecule has 0 saturated heterocycles. The Labute approximate surface area is 151 Å². The van der Waals surface area contributed by atoms with E-state index in [9.17, 15) is 13.2 Å². The van der Waals surface area contributed by atoms with Crippen LogP contribution in [0.1, 0.15) is 28.1 Å². The molecular formula is C17H19NO5S2. The highest BCUT2D eigenvalue weighted by Gasteiger charge is 2.33. The number of ether oxygens (including phenoxy) is 1. The van der Waals surface area contributed by atoms with Crippen molar-refractivity contribution in [3.63, 3.8) is 0 Å². The highest BCUT2D eigenvalue weighted by atomic mass is 32.2. The molecule has 0 unspecified atom stereocenters. The highest BCUT2D eigenvalue weighted by molar-refractivity contribution is 7.86. The fourth-order valence-corrected chi connectivity index (χ4v) is 3.67. The standard InChI is InChI=1S/C17H19NO5S2/c1-22-14-8-5-12(10-15(14)23-25(2,20)21)11-18(13-6-7-13)17(19)16-4-3-9-24-16/h3-5,8-10,13H,6-7,11H2,1-2H3.